The predicted molar refractivity (Wildman–Crippen MR) is 137 cm³/mol. The van der Waals surface area contributed by atoms with Gasteiger partial charge in [-0.15, -0.1) is 0 Å². The van der Waals surface area contributed by atoms with Gasteiger partial charge in [-0.25, -0.2) is 4.39 Å². The van der Waals surface area contributed by atoms with E-state index in [2.05, 4.69) is 37.2 Å². The molecule has 1 aliphatic rings. The Morgan fingerprint density at radius 2 is 1.73 bits per heavy atom. The number of aromatic nitrogens is 2. The number of benzene rings is 2. The Balaban J connectivity index is 1.69. The number of hydrogen-bond donors (Lipinski definition) is 1. The summed E-state index contributed by atoms with van der Waals surface area (Å²) in [6.45, 7) is 4.04. The molecule has 5 rings (SSSR count). The Morgan fingerprint density at radius 3 is 2.42 bits per heavy atom. The predicted octanol–water partition coefficient (Wildman–Crippen LogP) is 6.57. The van der Waals surface area contributed by atoms with Crippen LogP contribution in [0.25, 0.3) is 5.69 Å². The Bertz CT molecular complexity index is 1320. The lowest BCUT2D eigenvalue weighted by molar-refractivity contribution is 0.564. The highest BCUT2D eigenvalue weighted by Gasteiger charge is 2.42. The van der Waals surface area contributed by atoms with Gasteiger partial charge in [0.2, 0.25) is 0 Å². The molecular weight excluding hydrogens is 499 g/mol. The van der Waals surface area contributed by atoms with Gasteiger partial charge in [0.1, 0.15) is 5.82 Å². The highest BCUT2D eigenvalue weighted by Crippen LogP contribution is 2.44. The molecule has 0 aliphatic carbocycles. The lowest BCUT2D eigenvalue weighted by atomic mass is 9.96. The summed E-state index contributed by atoms with van der Waals surface area (Å²) < 4.78 is 17.7. The molecule has 3 heterocycles. The third kappa shape index (κ3) is 3.85. The van der Waals surface area contributed by atoms with E-state index in [-0.39, 0.29) is 17.9 Å². The van der Waals surface area contributed by atoms with Crippen LogP contribution < -0.4 is 10.2 Å². The zero-order valence-electron chi connectivity index (χ0n) is 18.2. The molecule has 1 saturated heterocycles. The highest BCUT2D eigenvalue weighted by atomic mass is 79.9. The summed E-state index contributed by atoms with van der Waals surface area (Å²) >= 11 is 9.33. The van der Waals surface area contributed by atoms with E-state index in [1.54, 1.807) is 18.3 Å². The summed E-state index contributed by atoms with van der Waals surface area (Å²) in [6.07, 6.45) is 1.79. The Kier molecular flexibility index (Phi) is 5.76. The molecule has 2 atom stereocenters. The van der Waals surface area contributed by atoms with Crippen molar-refractivity contribution in [1.82, 2.24) is 14.9 Å². The third-order valence-electron chi connectivity index (χ3n) is 6.09. The lowest BCUT2D eigenvalue weighted by Crippen LogP contribution is -2.29. The second kappa shape index (κ2) is 8.72. The van der Waals surface area contributed by atoms with E-state index in [1.165, 1.54) is 6.07 Å². The largest absolute Gasteiger partial charge is 0.351 e. The van der Waals surface area contributed by atoms with Crippen molar-refractivity contribution in [2.75, 3.05) is 4.90 Å². The second-order valence-corrected chi connectivity index (χ2v) is 9.39. The molecule has 0 unspecified atom stereocenters. The van der Waals surface area contributed by atoms with Gasteiger partial charge in [0.05, 0.1) is 23.5 Å². The van der Waals surface area contributed by atoms with E-state index in [0.717, 1.165) is 32.8 Å². The van der Waals surface area contributed by atoms with Crippen LogP contribution in [0.2, 0.25) is 0 Å². The van der Waals surface area contributed by atoms with Crippen LogP contribution in [0.3, 0.4) is 0 Å². The zero-order valence-corrected chi connectivity index (χ0v) is 20.6. The van der Waals surface area contributed by atoms with Crippen molar-refractivity contribution in [2.45, 2.75) is 25.9 Å². The average Bonchev–Trinajstić information content (AvgIpc) is 3.31. The molecule has 1 N–H and O–H groups in total. The van der Waals surface area contributed by atoms with Gasteiger partial charge in [-0.1, -0.05) is 34.1 Å². The molecule has 0 radical (unpaired) electrons. The summed E-state index contributed by atoms with van der Waals surface area (Å²) in [5, 5.41) is 4.12. The van der Waals surface area contributed by atoms with Gasteiger partial charge < -0.3 is 14.8 Å². The zero-order chi connectivity index (χ0) is 23.1. The topological polar surface area (TPSA) is 33.1 Å². The Labute approximate surface area is 206 Å². The molecule has 166 valence electrons. The van der Waals surface area contributed by atoms with Gasteiger partial charge in [-0.2, -0.15) is 0 Å². The number of nitrogens with one attached hydrogen (secondary N) is 1. The van der Waals surface area contributed by atoms with Crippen LogP contribution in [-0.4, -0.2) is 14.7 Å². The number of anilines is 1. The standard InChI is InChI=1S/C26H22BrFN4S/c1-16-15-20(17(2)31(16)23-9-4-3-7-21(23)28)25-24(22-8-5-6-14-29-22)30-26(33)32(25)19-12-10-18(27)11-13-19/h3-15,24-25H,1-2H3,(H,30,33)/t24-,25-/m1/s1. The van der Waals surface area contributed by atoms with E-state index in [1.807, 2.05) is 66.9 Å². The van der Waals surface area contributed by atoms with Gasteiger partial charge in [0.15, 0.2) is 5.11 Å². The van der Waals surface area contributed by atoms with E-state index in [9.17, 15) is 4.39 Å². The number of hydrogen-bond acceptors (Lipinski definition) is 2. The Hall–Kier alpha value is -3.03. The molecule has 33 heavy (non-hydrogen) atoms. The van der Waals surface area contributed by atoms with Crippen molar-refractivity contribution in [2.24, 2.45) is 0 Å². The molecule has 2 aromatic heterocycles. The van der Waals surface area contributed by atoms with Crippen LogP contribution in [0.4, 0.5) is 10.1 Å². The fourth-order valence-corrected chi connectivity index (χ4v) is 5.25. The molecule has 0 bridgehead atoms. The molecule has 1 aliphatic heterocycles. The van der Waals surface area contributed by atoms with E-state index >= 15 is 0 Å². The summed E-state index contributed by atoms with van der Waals surface area (Å²) in [5.41, 5.74) is 5.42. The first-order chi connectivity index (χ1) is 16.0. The quantitative estimate of drug-likeness (QED) is 0.308. The van der Waals surface area contributed by atoms with E-state index in [4.69, 9.17) is 12.2 Å². The normalized spacial score (nSPS) is 17.9. The first-order valence-electron chi connectivity index (χ1n) is 10.7. The second-order valence-electron chi connectivity index (χ2n) is 8.09. The summed E-state index contributed by atoms with van der Waals surface area (Å²) in [4.78, 5) is 6.75. The number of rotatable bonds is 4. The summed E-state index contributed by atoms with van der Waals surface area (Å²) in [7, 11) is 0. The van der Waals surface area contributed by atoms with Gasteiger partial charge in [-0.05, 0) is 86.2 Å². The first-order valence-corrected chi connectivity index (χ1v) is 11.9. The number of para-hydroxylation sites is 1. The van der Waals surface area contributed by atoms with Gasteiger partial charge in [0, 0.05) is 27.7 Å². The van der Waals surface area contributed by atoms with E-state index in [0.29, 0.717) is 10.8 Å². The van der Waals surface area contributed by atoms with Crippen molar-refractivity contribution >= 4 is 38.9 Å². The minimum atomic E-state index is -0.253. The van der Waals surface area contributed by atoms with Crippen LogP contribution in [0, 0.1) is 19.7 Å². The maximum absolute atomic E-state index is 14.7. The molecule has 0 amide bonds. The maximum Gasteiger partial charge on any atom is 0.174 e. The van der Waals surface area contributed by atoms with Crippen molar-refractivity contribution in [3.63, 3.8) is 0 Å². The molecule has 4 aromatic rings. The summed E-state index contributed by atoms with van der Waals surface area (Å²) in [5.74, 6) is -0.253. The molecule has 7 heteroatoms. The van der Waals surface area contributed by atoms with Crippen LogP contribution in [0.15, 0.2) is 83.5 Å². The monoisotopic (exact) mass is 520 g/mol. The molecule has 4 nitrogen and oxygen atoms in total. The van der Waals surface area contributed by atoms with Crippen molar-refractivity contribution < 1.29 is 4.39 Å². The van der Waals surface area contributed by atoms with Crippen LogP contribution in [-0.2, 0) is 0 Å². The molecule has 0 saturated carbocycles. The number of pyridine rings is 1. The lowest BCUT2D eigenvalue weighted by Gasteiger charge is -2.28. The smallest absolute Gasteiger partial charge is 0.174 e. The van der Waals surface area contributed by atoms with Gasteiger partial charge in [-0.3, -0.25) is 4.98 Å². The third-order valence-corrected chi connectivity index (χ3v) is 6.93. The Morgan fingerprint density at radius 1 is 1.00 bits per heavy atom. The maximum atomic E-state index is 14.7. The SMILES string of the molecule is Cc1cc([C@@H]2[C@@H](c3ccccn3)NC(=S)N2c2ccc(Br)cc2)c(C)n1-c1ccccc1F. The minimum absolute atomic E-state index is 0.153. The number of nitrogens with zero attached hydrogens (tertiary/aromatic N) is 3. The van der Waals surface area contributed by atoms with Crippen LogP contribution in [0.1, 0.15) is 34.7 Å². The van der Waals surface area contributed by atoms with Crippen LogP contribution >= 0.6 is 28.1 Å². The van der Waals surface area contributed by atoms with Crippen molar-refractivity contribution in [3.8, 4) is 5.69 Å². The minimum Gasteiger partial charge on any atom is -0.351 e. The van der Waals surface area contributed by atoms with Crippen molar-refractivity contribution in [3.05, 3.63) is 112 Å². The van der Waals surface area contributed by atoms with E-state index < -0.39 is 0 Å². The number of thiocarbonyl (C=S) groups is 1. The van der Waals surface area contributed by atoms with Crippen LogP contribution in [0.5, 0.6) is 0 Å². The first kappa shape index (κ1) is 21.8. The molecular formula is C26H22BrFN4S. The fourth-order valence-electron chi connectivity index (χ4n) is 4.64. The fraction of sp³-hybridized carbons (Fsp3) is 0.154. The average molecular weight is 521 g/mol. The molecule has 0 spiro atoms. The van der Waals surface area contributed by atoms with Gasteiger partial charge >= 0.3 is 0 Å². The van der Waals surface area contributed by atoms with Gasteiger partial charge in [0.25, 0.3) is 0 Å². The highest BCUT2D eigenvalue weighted by molar-refractivity contribution is 9.10. The van der Waals surface area contributed by atoms with Crippen molar-refractivity contribution in [1.29, 1.82) is 0 Å². The molecule has 1 fully saturated rings. The molecule has 2 aromatic carbocycles. The number of aryl methyl sites for hydroxylation is 1. The summed E-state index contributed by atoms with van der Waals surface area (Å²) in [6, 6.07) is 22.7. The number of halogens is 2.